The zero-order chi connectivity index (χ0) is 38.0. The maximum absolute atomic E-state index is 2.63. The molecular formula is C52H56N2. The van der Waals surface area contributed by atoms with Gasteiger partial charge in [-0.15, -0.1) is 0 Å². The van der Waals surface area contributed by atoms with E-state index in [1.807, 2.05) is 0 Å². The molecule has 2 atom stereocenters. The average Bonchev–Trinajstić information content (AvgIpc) is 3.74. The fourth-order valence-electron chi connectivity index (χ4n) is 9.83. The minimum absolute atomic E-state index is 0.0521. The second-order valence-electron chi connectivity index (χ2n) is 16.3. The molecule has 274 valence electrons. The van der Waals surface area contributed by atoms with E-state index in [1.165, 1.54) is 83.9 Å². The summed E-state index contributed by atoms with van der Waals surface area (Å²) in [5, 5.41) is 0. The summed E-state index contributed by atoms with van der Waals surface area (Å²) in [7, 11) is 0. The molecule has 2 heteroatoms. The predicted molar refractivity (Wildman–Crippen MR) is 231 cm³/mol. The van der Waals surface area contributed by atoms with Crippen molar-refractivity contribution in [3.8, 4) is 11.1 Å². The lowest BCUT2D eigenvalue weighted by atomic mass is 9.72. The summed E-state index contributed by atoms with van der Waals surface area (Å²) < 4.78 is 0. The highest BCUT2D eigenvalue weighted by Gasteiger charge is 2.57. The first-order chi connectivity index (χ1) is 26.0. The molecule has 0 aliphatic heterocycles. The Kier molecular flexibility index (Phi) is 8.88. The van der Waals surface area contributed by atoms with Crippen LogP contribution in [0, 0.1) is 27.7 Å². The van der Waals surface area contributed by atoms with E-state index in [9.17, 15) is 0 Å². The Morgan fingerprint density at radius 3 is 1.30 bits per heavy atom. The average molecular weight is 709 g/mol. The van der Waals surface area contributed by atoms with Crippen molar-refractivity contribution in [2.45, 2.75) is 104 Å². The number of rotatable bonds is 11. The molecule has 54 heavy (non-hydrogen) atoms. The highest BCUT2D eigenvalue weighted by molar-refractivity contribution is 5.88. The second kappa shape index (κ2) is 13.3. The van der Waals surface area contributed by atoms with E-state index in [0.29, 0.717) is 0 Å². The summed E-state index contributed by atoms with van der Waals surface area (Å²) in [5.74, 6) is 0. The van der Waals surface area contributed by atoms with E-state index >= 15 is 0 Å². The molecule has 0 saturated carbocycles. The predicted octanol–water partition coefficient (Wildman–Crippen LogP) is 14.3. The summed E-state index contributed by atoms with van der Waals surface area (Å²) in [6.07, 6.45) is 4.10. The number of fused-ring (bicyclic) bond motifs is 4. The minimum Gasteiger partial charge on any atom is -0.331 e. The van der Waals surface area contributed by atoms with Crippen LogP contribution in [0.3, 0.4) is 0 Å². The Morgan fingerprint density at radius 2 is 0.870 bits per heavy atom. The molecule has 0 N–H and O–H groups in total. The SMILES string of the molecule is CCC1(CC)c2cc(C(C)(CC)N(c3ccc(C)cc3)c3ccc(C)cc3)ccc2-c2cc3c(cc21)C3(CC)N(c1ccc(C)cc1)c1ccc(C)cc1. The van der Waals surface area contributed by atoms with Crippen molar-refractivity contribution in [1.82, 2.24) is 0 Å². The maximum atomic E-state index is 2.63. The first-order valence-corrected chi connectivity index (χ1v) is 20.3. The molecule has 0 amide bonds. The van der Waals surface area contributed by atoms with Crippen LogP contribution in [0.2, 0.25) is 0 Å². The number of anilines is 4. The molecule has 0 spiro atoms. The quantitative estimate of drug-likeness (QED) is 0.132. The molecule has 0 radical (unpaired) electrons. The molecule has 0 fully saturated rings. The van der Waals surface area contributed by atoms with E-state index in [1.54, 1.807) is 0 Å². The van der Waals surface area contributed by atoms with Gasteiger partial charge in [-0.1, -0.05) is 123 Å². The van der Waals surface area contributed by atoms with Crippen LogP contribution in [0.5, 0.6) is 0 Å². The molecule has 0 saturated heterocycles. The smallest absolute Gasteiger partial charge is 0.0960 e. The van der Waals surface area contributed by atoms with Gasteiger partial charge in [-0.05, 0) is 154 Å². The van der Waals surface area contributed by atoms with Gasteiger partial charge in [0.05, 0.1) is 11.1 Å². The summed E-state index contributed by atoms with van der Waals surface area (Å²) in [6, 6.07) is 49.1. The number of benzene rings is 6. The van der Waals surface area contributed by atoms with Crippen LogP contribution >= 0.6 is 0 Å². The molecule has 2 unspecified atom stereocenters. The van der Waals surface area contributed by atoms with Crippen molar-refractivity contribution in [3.05, 3.63) is 177 Å². The Morgan fingerprint density at radius 1 is 0.444 bits per heavy atom. The highest BCUT2D eigenvalue weighted by Crippen LogP contribution is 2.64. The van der Waals surface area contributed by atoms with Gasteiger partial charge in [0, 0.05) is 28.2 Å². The van der Waals surface area contributed by atoms with E-state index in [0.717, 1.165) is 25.7 Å². The molecule has 6 aromatic rings. The first-order valence-electron chi connectivity index (χ1n) is 20.3. The van der Waals surface area contributed by atoms with Gasteiger partial charge in [0.15, 0.2) is 0 Å². The first kappa shape index (κ1) is 35.9. The monoisotopic (exact) mass is 708 g/mol. The highest BCUT2D eigenvalue weighted by atomic mass is 15.2. The van der Waals surface area contributed by atoms with Crippen molar-refractivity contribution >= 4 is 22.7 Å². The van der Waals surface area contributed by atoms with Crippen LogP contribution in [0.15, 0.2) is 127 Å². The van der Waals surface area contributed by atoms with Gasteiger partial charge in [-0.3, -0.25) is 0 Å². The van der Waals surface area contributed by atoms with E-state index in [-0.39, 0.29) is 16.5 Å². The van der Waals surface area contributed by atoms with E-state index in [2.05, 4.69) is 200 Å². The molecule has 6 aromatic carbocycles. The van der Waals surface area contributed by atoms with E-state index < -0.39 is 0 Å². The van der Waals surface area contributed by atoms with Gasteiger partial charge in [-0.25, -0.2) is 0 Å². The van der Waals surface area contributed by atoms with Crippen molar-refractivity contribution in [3.63, 3.8) is 0 Å². The summed E-state index contributed by atoms with van der Waals surface area (Å²) in [6.45, 7) is 20.7. The molecule has 0 heterocycles. The Balaban J connectivity index is 1.27. The maximum Gasteiger partial charge on any atom is 0.0960 e. The number of hydrogen-bond donors (Lipinski definition) is 0. The summed E-state index contributed by atoms with van der Waals surface area (Å²) in [5.41, 5.74) is 19.7. The zero-order valence-electron chi connectivity index (χ0n) is 33.8. The molecular weight excluding hydrogens is 653 g/mol. The van der Waals surface area contributed by atoms with Crippen molar-refractivity contribution < 1.29 is 0 Å². The Hall–Kier alpha value is -5.08. The molecule has 2 nitrogen and oxygen atoms in total. The third-order valence-corrected chi connectivity index (χ3v) is 13.4. The van der Waals surface area contributed by atoms with Gasteiger partial charge >= 0.3 is 0 Å². The number of nitrogens with zero attached hydrogens (tertiary/aromatic N) is 2. The standard InChI is InChI=1S/C52H56N2/c1-10-50(9,53(40-23-14-35(5)15-24-40)41-25-16-36(6)17-26-41)39-22-31-44-45-33-48-49(34-47(45)51(11-2,12-3)46(44)32-39)52(48,13-4)54(42-27-18-37(7)19-28-42)43-29-20-38(8)21-30-43/h14-34H,10-13H2,1-9H3. The minimum atomic E-state index is -0.269. The second-order valence-corrected chi connectivity index (χ2v) is 16.3. The third kappa shape index (κ3) is 5.36. The Labute approximate surface area is 324 Å². The van der Waals surface area contributed by atoms with Gasteiger partial charge in [-0.2, -0.15) is 0 Å². The topological polar surface area (TPSA) is 6.48 Å². The largest absolute Gasteiger partial charge is 0.331 e. The van der Waals surface area contributed by atoms with Crippen molar-refractivity contribution in [1.29, 1.82) is 0 Å². The van der Waals surface area contributed by atoms with Gasteiger partial charge < -0.3 is 9.80 Å². The normalized spacial score (nSPS) is 17.3. The molecule has 2 aliphatic rings. The fourth-order valence-corrected chi connectivity index (χ4v) is 9.83. The van der Waals surface area contributed by atoms with Crippen LogP contribution < -0.4 is 9.80 Å². The van der Waals surface area contributed by atoms with Gasteiger partial charge in [0.1, 0.15) is 0 Å². The van der Waals surface area contributed by atoms with Crippen LogP contribution in [0.25, 0.3) is 11.1 Å². The van der Waals surface area contributed by atoms with Gasteiger partial charge in [0.2, 0.25) is 0 Å². The summed E-state index contributed by atoms with van der Waals surface area (Å²) >= 11 is 0. The molecule has 2 aliphatic carbocycles. The lowest BCUT2D eigenvalue weighted by molar-refractivity contribution is 0.457. The molecule has 8 rings (SSSR count). The number of aryl methyl sites for hydroxylation is 4. The van der Waals surface area contributed by atoms with Crippen LogP contribution in [-0.4, -0.2) is 0 Å². The number of hydrogen-bond acceptors (Lipinski definition) is 2. The van der Waals surface area contributed by atoms with Crippen LogP contribution in [0.1, 0.15) is 110 Å². The van der Waals surface area contributed by atoms with Gasteiger partial charge in [0.25, 0.3) is 0 Å². The van der Waals surface area contributed by atoms with Crippen molar-refractivity contribution in [2.75, 3.05) is 9.80 Å². The fraction of sp³-hybridized carbons (Fsp3) is 0.308. The lowest BCUT2D eigenvalue weighted by Crippen LogP contribution is -2.40. The zero-order valence-corrected chi connectivity index (χ0v) is 33.8. The van der Waals surface area contributed by atoms with Crippen LogP contribution in [-0.2, 0) is 16.5 Å². The van der Waals surface area contributed by atoms with Crippen molar-refractivity contribution in [2.24, 2.45) is 0 Å². The van der Waals surface area contributed by atoms with E-state index in [4.69, 9.17) is 0 Å². The third-order valence-electron chi connectivity index (χ3n) is 13.4. The lowest BCUT2D eigenvalue weighted by Gasteiger charge is -2.44. The Bertz CT molecular complexity index is 2220. The van der Waals surface area contributed by atoms with Crippen LogP contribution in [0.4, 0.5) is 22.7 Å². The molecule has 0 aromatic heterocycles. The molecule has 0 bridgehead atoms. The summed E-state index contributed by atoms with van der Waals surface area (Å²) in [4.78, 5) is 5.20.